The van der Waals surface area contributed by atoms with Gasteiger partial charge in [0.2, 0.25) is 11.8 Å². The van der Waals surface area contributed by atoms with Gasteiger partial charge in [0.05, 0.1) is 0 Å². The van der Waals surface area contributed by atoms with Crippen LogP contribution in [0.1, 0.15) is 46.0 Å². The van der Waals surface area contributed by atoms with Gasteiger partial charge in [-0.25, -0.2) is 4.79 Å². The highest BCUT2D eigenvalue weighted by atomic mass is 16.4. The highest BCUT2D eigenvalue weighted by Gasteiger charge is 2.46. The van der Waals surface area contributed by atoms with Crippen LogP contribution in [0.15, 0.2) is 0 Å². The first-order valence-electron chi connectivity index (χ1n) is 7.70. The number of piperidine rings is 1. The molecule has 0 aromatic carbocycles. The van der Waals surface area contributed by atoms with Crippen molar-refractivity contribution >= 4 is 17.8 Å². The van der Waals surface area contributed by atoms with E-state index < -0.39 is 11.5 Å². The summed E-state index contributed by atoms with van der Waals surface area (Å²) >= 11 is 0. The summed E-state index contributed by atoms with van der Waals surface area (Å²) < 4.78 is 0. The van der Waals surface area contributed by atoms with Crippen LogP contribution in [0.4, 0.5) is 0 Å². The molecule has 2 N–H and O–H groups in total. The molecule has 2 aliphatic rings. The van der Waals surface area contributed by atoms with Gasteiger partial charge in [-0.3, -0.25) is 9.59 Å². The smallest absolute Gasteiger partial charge is 0.329 e. The minimum Gasteiger partial charge on any atom is -0.480 e. The van der Waals surface area contributed by atoms with Gasteiger partial charge in [0, 0.05) is 24.9 Å². The lowest BCUT2D eigenvalue weighted by atomic mass is 9.76. The summed E-state index contributed by atoms with van der Waals surface area (Å²) in [6, 6.07) is 0. The first kappa shape index (κ1) is 15.8. The van der Waals surface area contributed by atoms with Crippen molar-refractivity contribution in [2.45, 2.75) is 51.5 Å². The Morgan fingerprint density at radius 1 is 1.19 bits per heavy atom. The quantitative estimate of drug-likeness (QED) is 0.810. The summed E-state index contributed by atoms with van der Waals surface area (Å²) in [5.41, 5.74) is -1.04. The Morgan fingerprint density at radius 3 is 2.14 bits per heavy atom. The summed E-state index contributed by atoms with van der Waals surface area (Å²) in [6.45, 7) is 4.90. The Kier molecular flexibility index (Phi) is 4.54. The lowest BCUT2D eigenvalue weighted by molar-refractivity contribution is -0.152. The number of carboxylic acid groups (broad SMARTS) is 1. The molecule has 1 heterocycles. The second-order valence-corrected chi connectivity index (χ2v) is 6.48. The van der Waals surface area contributed by atoms with E-state index in [-0.39, 0.29) is 23.7 Å². The maximum atomic E-state index is 12.2. The van der Waals surface area contributed by atoms with Gasteiger partial charge in [-0.05, 0) is 32.1 Å². The van der Waals surface area contributed by atoms with Crippen LogP contribution in [0.5, 0.6) is 0 Å². The Morgan fingerprint density at radius 2 is 1.76 bits per heavy atom. The van der Waals surface area contributed by atoms with Crippen molar-refractivity contribution in [3.05, 3.63) is 0 Å². The van der Waals surface area contributed by atoms with Crippen molar-refractivity contribution in [3.63, 3.8) is 0 Å². The van der Waals surface area contributed by atoms with E-state index in [1.165, 1.54) is 0 Å². The number of aliphatic carboxylic acids is 1. The van der Waals surface area contributed by atoms with E-state index in [1.54, 1.807) is 4.90 Å². The highest BCUT2D eigenvalue weighted by Crippen LogP contribution is 2.33. The molecule has 0 spiro atoms. The molecule has 0 aromatic rings. The average molecular weight is 296 g/mol. The number of hydrogen-bond donors (Lipinski definition) is 2. The molecule has 0 radical (unpaired) electrons. The third-order valence-corrected chi connectivity index (χ3v) is 4.65. The number of carbonyl (C=O) groups is 3. The lowest BCUT2D eigenvalue weighted by Gasteiger charge is -2.40. The predicted molar refractivity (Wildman–Crippen MR) is 76.5 cm³/mol. The van der Waals surface area contributed by atoms with Crippen molar-refractivity contribution in [3.8, 4) is 0 Å². The van der Waals surface area contributed by atoms with E-state index in [4.69, 9.17) is 0 Å². The van der Waals surface area contributed by atoms with E-state index >= 15 is 0 Å². The molecule has 118 valence electrons. The van der Waals surface area contributed by atoms with Crippen LogP contribution in [0.3, 0.4) is 0 Å². The van der Waals surface area contributed by atoms with E-state index in [9.17, 15) is 19.5 Å². The first-order valence-corrected chi connectivity index (χ1v) is 7.70. The standard InChI is InChI=1S/C15H24N2O4/c1-10(2)13(19)17-8-4-11(5-9-17)12(18)16-15(14(20)21)6-3-7-15/h10-11H,3-9H2,1-2H3,(H,16,18)(H,20,21). The lowest BCUT2D eigenvalue weighted by Crippen LogP contribution is -2.60. The zero-order chi connectivity index (χ0) is 15.6. The van der Waals surface area contributed by atoms with E-state index in [0.29, 0.717) is 38.8 Å². The van der Waals surface area contributed by atoms with Crippen molar-refractivity contribution in [2.75, 3.05) is 13.1 Å². The molecule has 1 aliphatic heterocycles. The van der Waals surface area contributed by atoms with E-state index in [2.05, 4.69) is 5.32 Å². The zero-order valence-corrected chi connectivity index (χ0v) is 12.7. The third kappa shape index (κ3) is 3.19. The predicted octanol–water partition coefficient (Wildman–Crippen LogP) is 1.00. The number of amides is 2. The van der Waals surface area contributed by atoms with E-state index in [1.807, 2.05) is 13.8 Å². The number of carboxylic acids is 1. The van der Waals surface area contributed by atoms with Crippen LogP contribution in [-0.4, -0.2) is 46.4 Å². The molecule has 1 aliphatic carbocycles. The largest absolute Gasteiger partial charge is 0.480 e. The Hall–Kier alpha value is -1.59. The molecule has 1 saturated heterocycles. The second kappa shape index (κ2) is 6.03. The molecule has 0 aromatic heterocycles. The van der Waals surface area contributed by atoms with Gasteiger partial charge >= 0.3 is 5.97 Å². The average Bonchev–Trinajstić information content (AvgIpc) is 2.41. The molecule has 6 nitrogen and oxygen atoms in total. The molecule has 2 fully saturated rings. The van der Waals surface area contributed by atoms with Crippen molar-refractivity contribution in [2.24, 2.45) is 11.8 Å². The van der Waals surface area contributed by atoms with Gasteiger partial charge in [-0.15, -0.1) is 0 Å². The molecule has 1 saturated carbocycles. The molecule has 2 amide bonds. The fourth-order valence-corrected chi connectivity index (χ4v) is 2.99. The summed E-state index contributed by atoms with van der Waals surface area (Å²) in [4.78, 5) is 37.2. The molecule has 0 bridgehead atoms. The first-order chi connectivity index (χ1) is 9.85. The molecule has 0 atom stereocenters. The Bertz CT molecular complexity index is 435. The van der Waals surface area contributed by atoms with Gasteiger partial charge < -0.3 is 15.3 Å². The topological polar surface area (TPSA) is 86.7 Å². The number of nitrogens with one attached hydrogen (secondary N) is 1. The Labute approximate surface area is 124 Å². The number of carbonyl (C=O) groups excluding carboxylic acids is 2. The summed E-state index contributed by atoms with van der Waals surface area (Å²) in [5, 5.41) is 12.0. The van der Waals surface area contributed by atoms with Gasteiger partial charge in [-0.1, -0.05) is 13.8 Å². The van der Waals surface area contributed by atoms with Crippen LogP contribution in [0.25, 0.3) is 0 Å². The van der Waals surface area contributed by atoms with Gasteiger partial charge in [-0.2, -0.15) is 0 Å². The van der Waals surface area contributed by atoms with E-state index in [0.717, 1.165) is 6.42 Å². The van der Waals surface area contributed by atoms with Crippen LogP contribution < -0.4 is 5.32 Å². The maximum Gasteiger partial charge on any atom is 0.329 e. The van der Waals surface area contributed by atoms with Crippen LogP contribution in [-0.2, 0) is 14.4 Å². The third-order valence-electron chi connectivity index (χ3n) is 4.65. The molecule has 0 unspecified atom stereocenters. The number of likely N-dealkylation sites (tertiary alicyclic amines) is 1. The zero-order valence-electron chi connectivity index (χ0n) is 12.7. The summed E-state index contributed by atoms with van der Waals surface area (Å²) in [5.74, 6) is -1.20. The van der Waals surface area contributed by atoms with Crippen molar-refractivity contribution in [1.29, 1.82) is 0 Å². The number of nitrogens with zero attached hydrogens (tertiary/aromatic N) is 1. The number of rotatable bonds is 4. The molecule has 6 heteroatoms. The van der Waals surface area contributed by atoms with Crippen molar-refractivity contribution in [1.82, 2.24) is 10.2 Å². The van der Waals surface area contributed by atoms with Gasteiger partial charge in [0.1, 0.15) is 5.54 Å². The van der Waals surface area contributed by atoms with Gasteiger partial charge in [0.15, 0.2) is 0 Å². The minimum atomic E-state index is -1.04. The van der Waals surface area contributed by atoms with Crippen LogP contribution in [0.2, 0.25) is 0 Å². The normalized spacial score (nSPS) is 21.8. The fourth-order valence-electron chi connectivity index (χ4n) is 2.99. The maximum absolute atomic E-state index is 12.2. The molecule has 2 rings (SSSR count). The monoisotopic (exact) mass is 296 g/mol. The molecule has 21 heavy (non-hydrogen) atoms. The van der Waals surface area contributed by atoms with Crippen LogP contribution in [0, 0.1) is 11.8 Å². The van der Waals surface area contributed by atoms with Crippen molar-refractivity contribution < 1.29 is 19.5 Å². The molecular weight excluding hydrogens is 272 g/mol. The second-order valence-electron chi connectivity index (χ2n) is 6.48. The minimum absolute atomic E-state index is 0.0272. The SMILES string of the molecule is CC(C)C(=O)N1CCC(C(=O)NC2(C(=O)O)CCC2)CC1. The fraction of sp³-hybridized carbons (Fsp3) is 0.800. The Balaban J connectivity index is 1.86. The number of hydrogen-bond acceptors (Lipinski definition) is 3. The summed E-state index contributed by atoms with van der Waals surface area (Å²) in [6.07, 6.45) is 3.09. The summed E-state index contributed by atoms with van der Waals surface area (Å²) in [7, 11) is 0. The van der Waals surface area contributed by atoms with Gasteiger partial charge in [0.25, 0.3) is 0 Å². The molecular formula is C15H24N2O4. The highest BCUT2D eigenvalue weighted by molar-refractivity contribution is 5.89. The van der Waals surface area contributed by atoms with Crippen LogP contribution >= 0.6 is 0 Å².